The first-order valence-electron chi connectivity index (χ1n) is 15.0. The molecule has 5 rings (SSSR count). The van der Waals surface area contributed by atoms with Crippen LogP contribution in [0, 0.1) is 5.92 Å². The summed E-state index contributed by atoms with van der Waals surface area (Å²) in [6, 6.07) is 36.9. The van der Waals surface area contributed by atoms with Gasteiger partial charge in [-0.1, -0.05) is 121 Å². The van der Waals surface area contributed by atoms with Crippen molar-refractivity contribution in [2.75, 3.05) is 12.8 Å². The summed E-state index contributed by atoms with van der Waals surface area (Å²) >= 11 is 0. The lowest BCUT2D eigenvalue weighted by Crippen LogP contribution is -2.47. The predicted octanol–water partition coefficient (Wildman–Crippen LogP) is 6.00. The maximum absolute atomic E-state index is 14.5. The molecule has 1 heterocycles. The number of imide groups is 1. The number of carbonyl (C=O) groups excluding carboxylic acids is 3. The summed E-state index contributed by atoms with van der Waals surface area (Å²) in [5, 5.41) is 2.66. The van der Waals surface area contributed by atoms with Crippen molar-refractivity contribution in [1.29, 1.82) is 0 Å². The van der Waals surface area contributed by atoms with Crippen molar-refractivity contribution in [1.82, 2.24) is 10.2 Å². The minimum Gasteiger partial charge on any atom is -0.447 e. The van der Waals surface area contributed by atoms with Gasteiger partial charge in [-0.25, -0.2) is 9.69 Å². The average Bonchev–Trinajstić information content (AvgIpc) is 3.42. The van der Waals surface area contributed by atoms with E-state index in [9.17, 15) is 23.8 Å². The molecule has 1 aliphatic heterocycles. The Balaban J connectivity index is 1.51. The number of benzene rings is 4. The molecule has 3 amide bonds. The lowest BCUT2D eigenvalue weighted by Gasteiger charge is -2.32. The van der Waals surface area contributed by atoms with Crippen molar-refractivity contribution in [3.05, 3.63) is 144 Å². The van der Waals surface area contributed by atoms with Gasteiger partial charge < -0.3 is 14.9 Å². The van der Waals surface area contributed by atoms with Crippen molar-refractivity contribution in [2.45, 2.75) is 37.5 Å². The van der Waals surface area contributed by atoms with Crippen molar-refractivity contribution in [2.24, 2.45) is 5.92 Å². The zero-order valence-electron chi connectivity index (χ0n) is 25.1. The van der Waals surface area contributed by atoms with Gasteiger partial charge in [-0.3, -0.25) is 14.2 Å². The van der Waals surface area contributed by atoms with Crippen LogP contribution >= 0.6 is 7.37 Å². The Hall–Kier alpha value is -4.52. The summed E-state index contributed by atoms with van der Waals surface area (Å²) in [6.07, 6.45) is -0.981. The van der Waals surface area contributed by atoms with Crippen LogP contribution in [0.1, 0.15) is 35.1 Å². The van der Waals surface area contributed by atoms with Crippen molar-refractivity contribution in [3.8, 4) is 0 Å². The maximum Gasteiger partial charge on any atom is 0.417 e. The van der Waals surface area contributed by atoms with Crippen LogP contribution in [0.25, 0.3) is 0 Å². The van der Waals surface area contributed by atoms with Crippen LogP contribution in [-0.2, 0) is 31.7 Å². The van der Waals surface area contributed by atoms with E-state index in [0.717, 1.165) is 27.2 Å². The van der Waals surface area contributed by atoms with E-state index in [4.69, 9.17) is 4.74 Å². The molecule has 1 fully saturated rings. The highest BCUT2D eigenvalue weighted by atomic mass is 31.2. The Kier molecular flexibility index (Phi) is 10.3. The minimum atomic E-state index is -4.22. The molecule has 9 heteroatoms. The van der Waals surface area contributed by atoms with Gasteiger partial charge in [0.15, 0.2) is 0 Å². The SMILES string of the molecule is CC(=O)NC(Cc1ccccc1)P(=O)(O)C[C@H](Cc1ccccc1)C(=O)N1C(=O)OC[C@@H]1C(c1ccccc1)c1ccccc1. The van der Waals surface area contributed by atoms with E-state index in [0.29, 0.717) is 0 Å². The quantitative estimate of drug-likeness (QED) is 0.187. The summed E-state index contributed by atoms with van der Waals surface area (Å²) in [4.78, 5) is 52.7. The molecule has 232 valence electrons. The Bertz CT molecular complexity index is 1600. The van der Waals surface area contributed by atoms with Crippen molar-refractivity contribution >= 4 is 25.3 Å². The molecule has 4 atom stereocenters. The predicted molar refractivity (Wildman–Crippen MR) is 173 cm³/mol. The van der Waals surface area contributed by atoms with Gasteiger partial charge in [0.05, 0.1) is 12.0 Å². The molecule has 0 aliphatic carbocycles. The zero-order chi connectivity index (χ0) is 31.8. The summed E-state index contributed by atoms with van der Waals surface area (Å²) in [5.74, 6) is -3.58. The minimum absolute atomic E-state index is 0.0175. The summed E-state index contributed by atoms with van der Waals surface area (Å²) in [5.41, 5.74) is 3.37. The molecule has 1 aliphatic rings. The molecule has 0 saturated carbocycles. The van der Waals surface area contributed by atoms with Gasteiger partial charge in [0.2, 0.25) is 19.2 Å². The number of hydrogen-bond acceptors (Lipinski definition) is 5. The van der Waals surface area contributed by atoms with E-state index in [-0.39, 0.29) is 25.4 Å². The van der Waals surface area contributed by atoms with Crippen LogP contribution in [0.2, 0.25) is 0 Å². The number of hydrogen-bond donors (Lipinski definition) is 2. The molecular weight excluding hydrogens is 587 g/mol. The molecule has 4 aromatic rings. The lowest BCUT2D eigenvalue weighted by molar-refractivity contribution is -0.133. The van der Waals surface area contributed by atoms with E-state index in [1.807, 2.05) is 121 Å². The first kappa shape index (κ1) is 31.9. The summed E-state index contributed by atoms with van der Waals surface area (Å²) in [6.45, 7) is 1.28. The third-order valence-corrected chi connectivity index (χ3v) is 10.4. The molecule has 0 bridgehead atoms. The van der Waals surface area contributed by atoms with Crippen LogP contribution in [0.4, 0.5) is 4.79 Å². The van der Waals surface area contributed by atoms with Crippen LogP contribution < -0.4 is 5.32 Å². The molecule has 8 nitrogen and oxygen atoms in total. The third kappa shape index (κ3) is 7.96. The maximum atomic E-state index is 14.5. The zero-order valence-corrected chi connectivity index (χ0v) is 26.0. The highest BCUT2D eigenvalue weighted by molar-refractivity contribution is 7.58. The standard InChI is InChI=1S/C36H37N2O6P/c1-26(39)37-33(23-28-16-8-3-9-17-28)45(42,43)25-31(22-27-14-6-2-7-15-27)35(40)38-32(24-44-36(38)41)34(29-18-10-4-11-19-29)30-20-12-5-13-21-30/h2-21,31-34H,22-25H2,1H3,(H,37,39)(H,42,43)/t31-,32+,33?/m0/s1. The number of rotatable bonds is 12. The summed E-state index contributed by atoms with van der Waals surface area (Å²) in [7, 11) is -4.22. The van der Waals surface area contributed by atoms with E-state index in [1.54, 1.807) is 0 Å². The summed E-state index contributed by atoms with van der Waals surface area (Å²) < 4.78 is 19.7. The van der Waals surface area contributed by atoms with Gasteiger partial charge >= 0.3 is 6.09 Å². The van der Waals surface area contributed by atoms with E-state index >= 15 is 0 Å². The Morgan fingerprint density at radius 3 is 1.78 bits per heavy atom. The molecular formula is C36H37N2O6P. The topological polar surface area (TPSA) is 113 Å². The fourth-order valence-electron chi connectivity index (χ4n) is 6.03. The highest BCUT2D eigenvalue weighted by Crippen LogP contribution is 2.49. The molecule has 45 heavy (non-hydrogen) atoms. The Labute approximate surface area is 263 Å². The van der Waals surface area contributed by atoms with Crippen LogP contribution in [-0.4, -0.2) is 52.3 Å². The van der Waals surface area contributed by atoms with E-state index < -0.39 is 49.2 Å². The van der Waals surface area contributed by atoms with E-state index in [2.05, 4.69) is 5.32 Å². The first-order valence-corrected chi connectivity index (χ1v) is 16.9. The smallest absolute Gasteiger partial charge is 0.417 e. The fraction of sp³-hybridized carbons (Fsp3) is 0.250. The second-order valence-corrected chi connectivity index (χ2v) is 13.9. The normalized spacial score (nSPS) is 17.3. The second kappa shape index (κ2) is 14.5. The average molecular weight is 625 g/mol. The van der Waals surface area contributed by atoms with Crippen LogP contribution in [0.15, 0.2) is 121 Å². The largest absolute Gasteiger partial charge is 0.447 e. The molecule has 1 saturated heterocycles. The van der Waals surface area contributed by atoms with Gasteiger partial charge in [0, 0.05) is 25.4 Å². The van der Waals surface area contributed by atoms with Crippen molar-refractivity contribution in [3.63, 3.8) is 0 Å². The number of ether oxygens (including phenoxy) is 1. The van der Waals surface area contributed by atoms with Gasteiger partial charge in [0.1, 0.15) is 12.4 Å². The number of nitrogens with one attached hydrogen (secondary N) is 1. The van der Waals surface area contributed by atoms with Crippen LogP contribution in [0.5, 0.6) is 0 Å². The molecule has 2 unspecified atom stereocenters. The van der Waals surface area contributed by atoms with Gasteiger partial charge in [0.25, 0.3) is 0 Å². The number of nitrogens with zero attached hydrogens (tertiary/aromatic N) is 1. The van der Waals surface area contributed by atoms with Gasteiger partial charge in [-0.15, -0.1) is 0 Å². The molecule has 0 radical (unpaired) electrons. The first-order chi connectivity index (χ1) is 21.7. The fourth-order valence-corrected chi connectivity index (χ4v) is 8.08. The van der Waals surface area contributed by atoms with E-state index in [1.165, 1.54) is 6.92 Å². The number of carbonyl (C=O) groups is 3. The Morgan fingerprint density at radius 1 is 0.822 bits per heavy atom. The number of amides is 3. The van der Waals surface area contributed by atoms with Gasteiger partial charge in [-0.05, 0) is 28.7 Å². The van der Waals surface area contributed by atoms with Crippen LogP contribution in [0.3, 0.4) is 0 Å². The number of cyclic esters (lactones) is 1. The monoisotopic (exact) mass is 624 g/mol. The molecule has 0 aromatic heterocycles. The van der Waals surface area contributed by atoms with Crippen molar-refractivity contribution < 1.29 is 28.6 Å². The second-order valence-electron chi connectivity index (χ2n) is 11.4. The Morgan fingerprint density at radius 2 is 1.29 bits per heavy atom. The lowest BCUT2D eigenvalue weighted by atomic mass is 9.84. The molecule has 0 spiro atoms. The third-order valence-electron chi connectivity index (χ3n) is 8.13. The highest BCUT2D eigenvalue weighted by Gasteiger charge is 2.47. The molecule has 4 aromatic carbocycles. The molecule has 2 N–H and O–H groups in total. The van der Waals surface area contributed by atoms with Gasteiger partial charge in [-0.2, -0.15) is 0 Å².